The summed E-state index contributed by atoms with van der Waals surface area (Å²) in [5, 5.41) is 6.41. The molecule has 3 nitrogen and oxygen atoms in total. The van der Waals surface area contributed by atoms with Gasteiger partial charge in [0.05, 0.1) is 0 Å². The van der Waals surface area contributed by atoms with Gasteiger partial charge >= 0.3 is 0 Å². The summed E-state index contributed by atoms with van der Waals surface area (Å²) in [5.74, 6) is 0.972. The molecule has 0 heterocycles. The number of carbonyl (C=O) groups is 1. The topological polar surface area (TPSA) is 41.1 Å². The van der Waals surface area contributed by atoms with Crippen LogP contribution in [0, 0.1) is 5.92 Å². The SMILES string of the molecule is CC(C)NC(=O)CCN[C@H](C)C1CCCCC1. The van der Waals surface area contributed by atoms with Crippen LogP contribution in [0.15, 0.2) is 0 Å². The summed E-state index contributed by atoms with van der Waals surface area (Å²) in [6.45, 7) is 7.05. The molecule has 0 aromatic rings. The van der Waals surface area contributed by atoms with Gasteiger partial charge in [0.2, 0.25) is 5.91 Å². The maximum absolute atomic E-state index is 11.5. The Bertz CT molecular complexity index is 222. The van der Waals surface area contributed by atoms with E-state index >= 15 is 0 Å². The molecule has 1 amide bonds. The first-order valence-electron chi connectivity index (χ1n) is 7.12. The van der Waals surface area contributed by atoms with Gasteiger partial charge in [-0.15, -0.1) is 0 Å². The van der Waals surface area contributed by atoms with Crippen LogP contribution in [0.5, 0.6) is 0 Å². The van der Waals surface area contributed by atoms with E-state index in [1.54, 1.807) is 0 Å². The summed E-state index contributed by atoms with van der Waals surface area (Å²) in [4.78, 5) is 11.5. The number of nitrogens with one attached hydrogen (secondary N) is 2. The molecule has 1 atom stereocenters. The van der Waals surface area contributed by atoms with Crippen molar-refractivity contribution in [3.05, 3.63) is 0 Å². The Morgan fingerprint density at radius 1 is 1.18 bits per heavy atom. The fraction of sp³-hybridized carbons (Fsp3) is 0.929. The summed E-state index contributed by atoms with van der Waals surface area (Å²) in [7, 11) is 0. The molecule has 0 unspecified atom stereocenters. The summed E-state index contributed by atoms with van der Waals surface area (Å²) in [6.07, 6.45) is 7.46. The number of rotatable bonds is 6. The third kappa shape index (κ3) is 6.06. The molecule has 0 spiro atoms. The van der Waals surface area contributed by atoms with Gasteiger partial charge in [-0.05, 0) is 39.5 Å². The average molecular weight is 240 g/mol. The van der Waals surface area contributed by atoms with Gasteiger partial charge in [-0.1, -0.05) is 19.3 Å². The van der Waals surface area contributed by atoms with Crippen molar-refractivity contribution >= 4 is 5.91 Å². The first-order chi connectivity index (χ1) is 8.09. The van der Waals surface area contributed by atoms with Crippen LogP contribution in [0.3, 0.4) is 0 Å². The lowest BCUT2D eigenvalue weighted by Crippen LogP contribution is -2.38. The van der Waals surface area contributed by atoms with Crippen molar-refractivity contribution in [3.8, 4) is 0 Å². The second-order valence-electron chi connectivity index (χ2n) is 5.61. The van der Waals surface area contributed by atoms with E-state index in [9.17, 15) is 4.79 Å². The predicted octanol–water partition coefficient (Wildman–Crippen LogP) is 2.46. The van der Waals surface area contributed by atoms with Crippen LogP contribution in [-0.2, 0) is 4.79 Å². The molecule has 1 saturated carbocycles. The van der Waals surface area contributed by atoms with Gasteiger partial charge in [0.15, 0.2) is 0 Å². The zero-order valence-electron chi connectivity index (χ0n) is 11.6. The van der Waals surface area contributed by atoms with Gasteiger partial charge in [-0.25, -0.2) is 0 Å². The Kier molecular flexibility index (Phi) is 6.56. The van der Waals surface area contributed by atoms with Crippen molar-refractivity contribution in [2.75, 3.05) is 6.54 Å². The minimum Gasteiger partial charge on any atom is -0.354 e. The zero-order chi connectivity index (χ0) is 12.7. The molecule has 2 N–H and O–H groups in total. The number of carbonyl (C=O) groups excluding carboxylic acids is 1. The number of amides is 1. The highest BCUT2D eigenvalue weighted by Gasteiger charge is 2.19. The third-order valence-electron chi connectivity index (χ3n) is 3.62. The van der Waals surface area contributed by atoms with Crippen molar-refractivity contribution < 1.29 is 4.79 Å². The highest BCUT2D eigenvalue weighted by molar-refractivity contribution is 5.76. The second-order valence-corrected chi connectivity index (χ2v) is 5.61. The second kappa shape index (κ2) is 7.70. The first kappa shape index (κ1) is 14.5. The van der Waals surface area contributed by atoms with Crippen molar-refractivity contribution in [3.63, 3.8) is 0 Å². The fourth-order valence-electron chi connectivity index (χ4n) is 2.61. The van der Waals surface area contributed by atoms with E-state index in [0.717, 1.165) is 12.5 Å². The lowest BCUT2D eigenvalue weighted by atomic mass is 9.84. The van der Waals surface area contributed by atoms with E-state index in [1.807, 2.05) is 13.8 Å². The van der Waals surface area contributed by atoms with Crippen molar-refractivity contribution in [2.24, 2.45) is 5.92 Å². The van der Waals surface area contributed by atoms with E-state index in [4.69, 9.17) is 0 Å². The van der Waals surface area contributed by atoms with Crippen LogP contribution >= 0.6 is 0 Å². The Labute approximate surface area is 106 Å². The Hall–Kier alpha value is -0.570. The summed E-state index contributed by atoms with van der Waals surface area (Å²) < 4.78 is 0. The third-order valence-corrected chi connectivity index (χ3v) is 3.62. The minimum absolute atomic E-state index is 0.156. The monoisotopic (exact) mass is 240 g/mol. The molecule has 0 radical (unpaired) electrons. The van der Waals surface area contributed by atoms with Crippen LogP contribution in [0.4, 0.5) is 0 Å². The van der Waals surface area contributed by atoms with Crippen LogP contribution in [0.25, 0.3) is 0 Å². The highest BCUT2D eigenvalue weighted by Crippen LogP contribution is 2.26. The molecule has 1 rings (SSSR count). The van der Waals surface area contributed by atoms with E-state index < -0.39 is 0 Å². The van der Waals surface area contributed by atoms with E-state index in [2.05, 4.69) is 17.6 Å². The van der Waals surface area contributed by atoms with Crippen molar-refractivity contribution in [1.82, 2.24) is 10.6 Å². The highest BCUT2D eigenvalue weighted by atomic mass is 16.1. The normalized spacial score (nSPS) is 19.3. The number of hydrogen-bond donors (Lipinski definition) is 2. The van der Waals surface area contributed by atoms with Crippen molar-refractivity contribution in [1.29, 1.82) is 0 Å². The maximum Gasteiger partial charge on any atom is 0.221 e. The summed E-state index contributed by atoms with van der Waals surface area (Å²) in [6, 6.07) is 0.806. The summed E-state index contributed by atoms with van der Waals surface area (Å²) >= 11 is 0. The van der Waals surface area contributed by atoms with Crippen LogP contribution in [0.2, 0.25) is 0 Å². The van der Waals surface area contributed by atoms with Crippen LogP contribution in [0.1, 0.15) is 59.3 Å². The Morgan fingerprint density at radius 3 is 2.41 bits per heavy atom. The Balaban J connectivity index is 2.10. The molecular weight excluding hydrogens is 212 g/mol. The maximum atomic E-state index is 11.5. The van der Waals surface area contributed by atoms with E-state index in [-0.39, 0.29) is 11.9 Å². The van der Waals surface area contributed by atoms with Gasteiger partial charge in [0, 0.05) is 25.0 Å². The number of hydrogen-bond acceptors (Lipinski definition) is 2. The molecule has 0 saturated heterocycles. The average Bonchev–Trinajstić information content (AvgIpc) is 2.29. The Morgan fingerprint density at radius 2 is 1.82 bits per heavy atom. The molecule has 0 aromatic heterocycles. The molecule has 1 fully saturated rings. The molecule has 0 aliphatic heterocycles. The molecule has 1 aliphatic carbocycles. The van der Waals surface area contributed by atoms with Gasteiger partial charge in [-0.2, -0.15) is 0 Å². The first-order valence-corrected chi connectivity index (χ1v) is 7.12. The smallest absolute Gasteiger partial charge is 0.221 e. The van der Waals surface area contributed by atoms with Gasteiger partial charge in [0.1, 0.15) is 0 Å². The molecule has 0 aromatic carbocycles. The van der Waals surface area contributed by atoms with Gasteiger partial charge in [-0.3, -0.25) is 4.79 Å². The molecule has 3 heteroatoms. The van der Waals surface area contributed by atoms with Crippen molar-refractivity contribution in [2.45, 2.75) is 71.4 Å². The quantitative estimate of drug-likeness (QED) is 0.749. The fourth-order valence-corrected chi connectivity index (χ4v) is 2.61. The molecular formula is C14H28N2O. The standard InChI is InChI=1S/C14H28N2O/c1-11(2)16-14(17)9-10-15-12(3)13-7-5-4-6-8-13/h11-13,15H,4-10H2,1-3H3,(H,16,17)/t12-/m1/s1. The van der Waals surface area contributed by atoms with Gasteiger partial charge < -0.3 is 10.6 Å². The molecule has 100 valence electrons. The van der Waals surface area contributed by atoms with Crippen LogP contribution in [-0.4, -0.2) is 24.5 Å². The van der Waals surface area contributed by atoms with Crippen LogP contribution < -0.4 is 10.6 Å². The lowest BCUT2D eigenvalue weighted by molar-refractivity contribution is -0.121. The molecule has 0 bridgehead atoms. The van der Waals surface area contributed by atoms with E-state index in [0.29, 0.717) is 12.5 Å². The molecule has 17 heavy (non-hydrogen) atoms. The minimum atomic E-state index is 0.156. The van der Waals surface area contributed by atoms with E-state index in [1.165, 1.54) is 32.1 Å². The lowest BCUT2D eigenvalue weighted by Gasteiger charge is -2.28. The zero-order valence-corrected chi connectivity index (χ0v) is 11.6. The summed E-state index contributed by atoms with van der Waals surface area (Å²) in [5.41, 5.74) is 0. The molecule has 1 aliphatic rings. The van der Waals surface area contributed by atoms with Gasteiger partial charge in [0.25, 0.3) is 0 Å². The predicted molar refractivity (Wildman–Crippen MR) is 71.9 cm³/mol. The largest absolute Gasteiger partial charge is 0.354 e.